The molecule has 2 aromatic carbocycles. The molecule has 1 aliphatic rings. The minimum atomic E-state index is -1.03. The fourth-order valence-electron chi connectivity index (χ4n) is 2.68. The smallest absolute Gasteiger partial charge is 0.335 e. The van der Waals surface area contributed by atoms with Gasteiger partial charge < -0.3 is 10.4 Å². The van der Waals surface area contributed by atoms with Gasteiger partial charge in [-0.25, -0.2) is 9.79 Å². The molecule has 0 aliphatic carbocycles. The van der Waals surface area contributed by atoms with Crippen LogP contribution in [0.25, 0.3) is 0 Å². The van der Waals surface area contributed by atoms with Gasteiger partial charge in [-0.1, -0.05) is 30.0 Å². The maximum atomic E-state index is 12.7. The average Bonchev–Trinajstić information content (AvgIpc) is 2.69. The van der Waals surface area contributed by atoms with Crippen LogP contribution in [0, 0.1) is 0 Å². The molecule has 1 fully saturated rings. The molecule has 0 aromatic heterocycles. The lowest BCUT2D eigenvalue weighted by Crippen LogP contribution is -2.45. The minimum Gasteiger partial charge on any atom is -0.478 e. The number of aromatic carboxylic acids is 1. The molecule has 1 aliphatic heterocycles. The van der Waals surface area contributed by atoms with Crippen molar-refractivity contribution in [3.63, 3.8) is 0 Å². The molecule has 2 N–H and O–H groups in total. The van der Waals surface area contributed by atoms with E-state index in [1.807, 2.05) is 37.3 Å². The van der Waals surface area contributed by atoms with Crippen LogP contribution in [0.1, 0.15) is 23.7 Å². The SMILES string of the molecule is CCN1C(=O)CC(C(=O)Nc2ccc(C(=O)O)cc2)SC1=Nc1ccccc1. The van der Waals surface area contributed by atoms with E-state index in [2.05, 4.69) is 10.3 Å². The molecule has 2 amide bonds. The highest BCUT2D eigenvalue weighted by atomic mass is 32.2. The first-order valence-electron chi connectivity index (χ1n) is 8.73. The number of hydrogen-bond donors (Lipinski definition) is 2. The van der Waals surface area contributed by atoms with E-state index < -0.39 is 11.2 Å². The Labute approximate surface area is 166 Å². The number of thioether (sulfide) groups is 1. The van der Waals surface area contributed by atoms with E-state index in [0.717, 1.165) is 0 Å². The van der Waals surface area contributed by atoms with Gasteiger partial charge in [0.1, 0.15) is 5.25 Å². The maximum absolute atomic E-state index is 12.7. The Morgan fingerprint density at radius 3 is 2.46 bits per heavy atom. The second-order valence-corrected chi connectivity index (χ2v) is 7.22. The number of para-hydroxylation sites is 1. The number of carbonyl (C=O) groups excluding carboxylic acids is 2. The zero-order valence-electron chi connectivity index (χ0n) is 15.2. The molecule has 144 valence electrons. The van der Waals surface area contributed by atoms with Crippen LogP contribution in [0.3, 0.4) is 0 Å². The van der Waals surface area contributed by atoms with Gasteiger partial charge in [0.05, 0.1) is 11.3 Å². The van der Waals surface area contributed by atoms with E-state index >= 15 is 0 Å². The van der Waals surface area contributed by atoms with E-state index in [9.17, 15) is 14.4 Å². The van der Waals surface area contributed by atoms with Crippen LogP contribution in [0.5, 0.6) is 0 Å². The third-order valence-corrected chi connectivity index (χ3v) is 5.32. The van der Waals surface area contributed by atoms with E-state index in [1.54, 1.807) is 4.90 Å². The molecule has 7 nitrogen and oxygen atoms in total. The molecule has 0 saturated carbocycles. The van der Waals surface area contributed by atoms with Crippen molar-refractivity contribution in [2.45, 2.75) is 18.6 Å². The molecule has 1 atom stereocenters. The van der Waals surface area contributed by atoms with Crippen molar-refractivity contribution in [3.05, 3.63) is 60.2 Å². The van der Waals surface area contributed by atoms with Crippen LogP contribution in [-0.2, 0) is 9.59 Å². The first-order valence-corrected chi connectivity index (χ1v) is 9.61. The van der Waals surface area contributed by atoms with Crippen LogP contribution < -0.4 is 5.32 Å². The summed E-state index contributed by atoms with van der Waals surface area (Å²) >= 11 is 1.25. The zero-order valence-corrected chi connectivity index (χ0v) is 16.0. The van der Waals surface area contributed by atoms with Crippen LogP contribution in [0.15, 0.2) is 59.6 Å². The number of nitrogens with zero attached hydrogens (tertiary/aromatic N) is 2. The Kier molecular flexibility index (Phi) is 6.10. The first kappa shape index (κ1) is 19.6. The Hall–Kier alpha value is -3.13. The molecule has 28 heavy (non-hydrogen) atoms. The monoisotopic (exact) mass is 397 g/mol. The quantitative estimate of drug-likeness (QED) is 0.806. The van der Waals surface area contributed by atoms with Crippen molar-refractivity contribution < 1.29 is 19.5 Å². The topological polar surface area (TPSA) is 99.1 Å². The summed E-state index contributed by atoms with van der Waals surface area (Å²) in [5.41, 5.74) is 1.32. The van der Waals surface area contributed by atoms with Gasteiger partial charge in [-0.2, -0.15) is 0 Å². The lowest BCUT2D eigenvalue weighted by molar-refractivity contribution is -0.129. The van der Waals surface area contributed by atoms with Crippen molar-refractivity contribution >= 4 is 46.1 Å². The van der Waals surface area contributed by atoms with Crippen molar-refractivity contribution in [3.8, 4) is 0 Å². The number of carbonyl (C=O) groups is 3. The van der Waals surface area contributed by atoms with E-state index in [1.165, 1.54) is 36.0 Å². The number of anilines is 1. The van der Waals surface area contributed by atoms with Crippen molar-refractivity contribution in [1.29, 1.82) is 0 Å². The third kappa shape index (κ3) is 4.58. The van der Waals surface area contributed by atoms with Crippen LogP contribution in [-0.4, -0.2) is 44.8 Å². The molecule has 8 heteroatoms. The molecule has 2 aromatic rings. The fourth-order valence-corrected chi connectivity index (χ4v) is 3.85. The molecule has 1 unspecified atom stereocenters. The standard InChI is InChI=1S/C20H19N3O4S/c1-2-23-17(24)12-16(28-20(23)22-14-6-4-3-5-7-14)18(25)21-15-10-8-13(9-11-15)19(26)27/h3-11,16H,2,12H2,1H3,(H,21,25)(H,26,27). The van der Waals surface area contributed by atoms with E-state index in [0.29, 0.717) is 23.1 Å². The van der Waals surface area contributed by atoms with Crippen LogP contribution >= 0.6 is 11.8 Å². The second kappa shape index (κ2) is 8.71. The van der Waals surface area contributed by atoms with Crippen molar-refractivity contribution in [2.24, 2.45) is 4.99 Å². The summed E-state index contributed by atoms with van der Waals surface area (Å²) in [6, 6.07) is 15.1. The van der Waals surface area contributed by atoms with Crippen LogP contribution in [0.4, 0.5) is 11.4 Å². The van der Waals surface area contributed by atoms with E-state index in [4.69, 9.17) is 5.11 Å². The minimum absolute atomic E-state index is 0.0748. The number of hydrogen-bond acceptors (Lipinski definition) is 5. The molecule has 0 bridgehead atoms. The van der Waals surface area contributed by atoms with Crippen molar-refractivity contribution in [1.82, 2.24) is 4.90 Å². The lowest BCUT2D eigenvalue weighted by Gasteiger charge is -2.30. The summed E-state index contributed by atoms with van der Waals surface area (Å²) in [5, 5.41) is 11.6. The summed E-state index contributed by atoms with van der Waals surface area (Å²) in [6.45, 7) is 2.34. The summed E-state index contributed by atoms with van der Waals surface area (Å²) in [7, 11) is 0. The number of carboxylic acids is 1. The highest BCUT2D eigenvalue weighted by Gasteiger charge is 2.35. The number of nitrogens with one attached hydrogen (secondary N) is 1. The molecule has 1 heterocycles. The largest absolute Gasteiger partial charge is 0.478 e. The maximum Gasteiger partial charge on any atom is 0.335 e. The van der Waals surface area contributed by atoms with Gasteiger partial charge in [-0.05, 0) is 43.3 Å². The number of benzene rings is 2. The molecule has 0 radical (unpaired) electrons. The highest BCUT2D eigenvalue weighted by molar-refractivity contribution is 8.15. The summed E-state index contributed by atoms with van der Waals surface area (Å²) in [5.74, 6) is -1.51. The second-order valence-electron chi connectivity index (χ2n) is 6.05. The number of aliphatic imine (C=N–C) groups is 1. The normalized spacial score (nSPS) is 18.2. The zero-order chi connectivity index (χ0) is 20.1. The molecule has 1 saturated heterocycles. The van der Waals surface area contributed by atoms with Gasteiger partial charge in [0.25, 0.3) is 0 Å². The van der Waals surface area contributed by atoms with Gasteiger partial charge in [0.2, 0.25) is 11.8 Å². The predicted octanol–water partition coefficient (Wildman–Crippen LogP) is 3.37. The van der Waals surface area contributed by atoms with Crippen molar-refractivity contribution in [2.75, 3.05) is 11.9 Å². The Balaban J connectivity index is 1.76. The average molecular weight is 397 g/mol. The molecular formula is C20H19N3O4S. The molecule has 3 rings (SSSR count). The van der Waals surface area contributed by atoms with Gasteiger partial charge in [0.15, 0.2) is 5.17 Å². The summed E-state index contributed by atoms with van der Waals surface area (Å²) < 4.78 is 0. The predicted molar refractivity (Wildman–Crippen MR) is 109 cm³/mol. The van der Waals surface area contributed by atoms with Gasteiger partial charge in [0, 0.05) is 18.7 Å². The summed E-state index contributed by atoms with van der Waals surface area (Å²) in [4.78, 5) is 42.2. The van der Waals surface area contributed by atoms with Crippen LogP contribution in [0.2, 0.25) is 0 Å². The molecule has 0 spiro atoms. The lowest BCUT2D eigenvalue weighted by atomic mass is 10.2. The number of carboxylic acid groups (broad SMARTS) is 1. The number of rotatable bonds is 5. The number of amidine groups is 1. The Morgan fingerprint density at radius 2 is 1.86 bits per heavy atom. The first-order chi connectivity index (χ1) is 13.5. The van der Waals surface area contributed by atoms with Gasteiger partial charge in [-0.15, -0.1) is 0 Å². The highest BCUT2D eigenvalue weighted by Crippen LogP contribution is 2.29. The fraction of sp³-hybridized carbons (Fsp3) is 0.200. The third-order valence-electron chi connectivity index (χ3n) is 4.13. The Bertz CT molecular complexity index is 913. The van der Waals surface area contributed by atoms with E-state index in [-0.39, 0.29) is 23.8 Å². The molecular weight excluding hydrogens is 378 g/mol. The Morgan fingerprint density at radius 1 is 1.18 bits per heavy atom. The number of amides is 2. The summed E-state index contributed by atoms with van der Waals surface area (Å²) in [6.07, 6.45) is 0.0748. The van der Waals surface area contributed by atoms with Gasteiger partial charge in [-0.3, -0.25) is 14.5 Å². The van der Waals surface area contributed by atoms with Gasteiger partial charge >= 0.3 is 5.97 Å².